The lowest BCUT2D eigenvalue weighted by molar-refractivity contribution is 0.266. The zero-order valence-corrected chi connectivity index (χ0v) is 13.4. The summed E-state index contributed by atoms with van der Waals surface area (Å²) in [5, 5.41) is 0. The topological polar surface area (TPSA) is 30.3 Å². The second kappa shape index (κ2) is 6.24. The van der Waals surface area contributed by atoms with Crippen LogP contribution >= 0.6 is 11.6 Å². The number of hydrogen-bond donors (Lipinski definition) is 0. The third kappa shape index (κ3) is 3.01. The van der Waals surface area contributed by atoms with Crippen molar-refractivity contribution in [3.63, 3.8) is 0 Å². The van der Waals surface area contributed by atoms with Crippen LogP contribution in [0.3, 0.4) is 0 Å². The monoisotopic (exact) mass is 307 g/mol. The van der Waals surface area contributed by atoms with Crippen molar-refractivity contribution in [3.05, 3.63) is 24.0 Å². The average Bonchev–Trinajstić information content (AvgIpc) is 3.29. The van der Waals surface area contributed by atoms with Crippen LogP contribution in [0.5, 0.6) is 5.75 Å². The number of rotatable bonds is 7. The number of hydrogen-bond acceptors (Lipinski definition) is 3. The molecule has 1 aliphatic rings. The molecule has 1 aliphatic carbocycles. The highest BCUT2D eigenvalue weighted by molar-refractivity contribution is 6.16. The van der Waals surface area contributed by atoms with Crippen molar-refractivity contribution < 1.29 is 4.74 Å². The standard InChI is InChI=1S/C16H22ClN3O/c1-3-19(12-4-5-12)8-9-20-15-7-6-13(21-2)10-14(15)18-16(20)11-17/h6-7,10,12H,3-5,8-9,11H2,1-2H3. The maximum Gasteiger partial charge on any atom is 0.124 e. The first-order valence-corrected chi connectivity index (χ1v) is 8.13. The fraction of sp³-hybridized carbons (Fsp3) is 0.562. The molecule has 0 unspecified atom stereocenters. The largest absolute Gasteiger partial charge is 0.497 e. The van der Waals surface area contributed by atoms with Gasteiger partial charge in [0.15, 0.2) is 0 Å². The first-order valence-electron chi connectivity index (χ1n) is 7.60. The van der Waals surface area contributed by atoms with Gasteiger partial charge in [0.2, 0.25) is 0 Å². The van der Waals surface area contributed by atoms with Gasteiger partial charge in [0.1, 0.15) is 11.6 Å². The van der Waals surface area contributed by atoms with Crippen molar-refractivity contribution in [3.8, 4) is 5.75 Å². The molecule has 0 N–H and O–H groups in total. The molecule has 0 amide bonds. The molecule has 1 fully saturated rings. The SMILES string of the molecule is CCN(CCn1c(CCl)nc2cc(OC)ccc21)C1CC1. The van der Waals surface area contributed by atoms with Gasteiger partial charge in [0, 0.05) is 25.2 Å². The lowest BCUT2D eigenvalue weighted by Gasteiger charge is -2.20. The Balaban J connectivity index is 1.85. The number of benzene rings is 1. The van der Waals surface area contributed by atoms with Crippen LogP contribution in [-0.4, -0.2) is 40.7 Å². The van der Waals surface area contributed by atoms with Crippen LogP contribution in [0.1, 0.15) is 25.6 Å². The first kappa shape index (κ1) is 14.7. The van der Waals surface area contributed by atoms with Gasteiger partial charge in [-0.15, -0.1) is 11.6 Å². The van der Waals surface area contributed by atoms with Gasteiger partial charge in [0.25, 0.3) is 0 Å². The molecule has 114 valence electrons. The lowest BCUT2D eigenvalue weighted by atomic mass is 10.3. The Hall–Kier alpha value is -1.26. The van der Waals surface area contributed by atoms with Crippen molar-refractivity contribution in [2.24, 2.45) is 0 Å². The maximum absolute atomic E-state index is 6.07. The van der Waals surface area contributed by atoms with Crippen molar-refractivity contribution in [2.75, 3.05) is 20.2 Å². The highest BCUT2D eigenvalue weighted by Gasteiger charge is 2.27. The summed E-state index contributed by atoms with van der Waals surface area (Å²) in [7, 11) is 1.68. The van der Waals surface area contributed by atoms with E-state index in [0.717, 1.165) is 48.3 Å². The van der Waals surface area contributed by atoms with Crippen LogP contribution in [0.15, 0.2) is 18.2 Å². The summed E-state index contributed by atoms with van der Waals surface area (Å²) in [5.74, 6) is 2.21. The van der Waals surface area contributed by atoms with E-state index in [4.69, 9.17) is 16.3 Å². The molecule has 0 saturated heterocycles. The molecule has 2 aromatic rings. The van der Waals surface area contributed by atoms with Crippen LogP contribution < -0.4 is 4.74 Å². The highest BCUT2D eigenvalue weighted by atomic mass is 35.5. The molecule has 1 aromatic heterocycles. The lowest BCUT2D eigenvalue weighted by Crippen LogP contribution is -2.29. The number of likely N-dealkylation sites (N-methyl/N-ethyl adjacent to an activating group) is 1. The molecule has 5 heteroatoms. The molecule has 1 heterocycles. The van der Waals surface area contributed by atoms with Crippen molar-refractivity contribution in [1.29, 1.82) is 0 Å². The Labute approximate surface area is 130 Å². The summed E-state index contributed by atoms with van der Waals surface area (Å²) >= 11 is 6.07. The molecular formula is C16H22ClN3O. The summed E-state index contributed by atoms with van der Waals surface area (Å²) in [6.07, 6.45) is 2.69. The molecule has 0 spiro atoms. The second-order valence-electron chi connectivity index (χ2n) is 5.53. The third-order valence-corrected chi connectivity index (χ3v) is 4.47. The van der Waals surface area contributed by atoms with E-state index in [1.807, 2.05) is 12.1 Å². The predicted octanol–water partition coefficient (Wildman–Crippen LogP) is 3.27. The maximum atomic E-state index is 6.07. The zero-order valence-electron chi connectivity index (χ0n) is 12.7. The van der Waals surface area contributed by atoms with E-state index in [0.29, 0.717) is 5.88 Å². The van der Waals surface area contributed by atoms with Crippen LogP contribution in [-0.2, 0) is 12.4 Å². The number of methoxy groups -OCH3 is 1. The van der Waals surface area contributed by atoms with Crippen LogP contribution in [0.25, 0.3) is 11.0 Å². The van der Waals surface area contributed by atoms with Gasteiger partial charge < -0.3 is 9.30 Å². The third-order valence-electron chi connectivity index (χ3n) is 4.23. The molecule has 0 radical (unpaired) electrons. The van der Waals surface area contributed by atoms with E-state index in [2.05, 4.69) is 27.4 Å². The summed E-state index contributed by atoms with van der Waals surface area (Å²) in [6, 6.07) is 6.83. The van der Waals surface area contributed by atoms with E-state index in [-0.39, 0.29) is 0 Å². The number of alkyl halides is 1. The smallest absolute Gasteiger partial charge is 0.124 e. The van der Waals surface area contributed by atoms with Crippen LogP contribution in [0.4, 0.5) is 0 Å². The summed E-state index contributed by atoms with van der Waals surface area (Å²) in [4.78, 5) is 7.19. The molecule has 21 heavy (non-hydrogen) atoms. The van der Waals surface area contributed by atoms with Gasteiger partial charge in [0.05, 0.1) is 24.0 Å². The minimum Gasteiger partial charge on any atom is -0.497 e. The summed E-state index contributed by atoms with van der Waals surface area (Å²) in [6.45, 7) is 5.34. The van der Waals surface area contributed by atoms with Crippen LogP contribution in [0, 0.1) is 0 Å². The van der Waals surface area contributed by atoms with E-state index in [9.17, 15) is 0 Å². The van der Waals surface area contributed by atoms with Gasteiger partial charge in [-0.3, -0.25) is 4.90 Å². The Morgan fingerprint density at radius 2 is 2.24 bits per heavy atom. The van der Waals surface area contributed by atoms with Gasteiger partial charge in [-0.25, -0.2) is 4.98 Å². The predicted molar refractivity (Wildman–Crippen MR) is 86.1 cm³/mol. The first-order chi connectivity index (χ1) is 10.3. The number of nitrogens with zero attached hydrogens (tertiary/aromatic N) is 3. The molecule has 0 aliphatic heterocycles. The number of imidazole rings is 1. The quantitative estimate of drug-likeness (QED) is 0.736. The summed E-state index contributed by atoms with van der Waals surface area (Å²) < 4.78 is 7.51. The molecule has 1 aromatic carbocycles. The number of aromatic nitrogens is 2. The Morgan fingerprint density at radius 3 is 2.86 bits per heavy atom. The molecule has 4 nitrogen and oxygen atoms in total. The van der Waals surface area contributed by atoms with Gasteiger partial charge in [-0.1, -0.05) is 6.92 Å². The Kier molecular flexibility index (Phi) is 4.36. The fourth-order valence-corrected chi connectivity index (χ4v) is 3.11. The molecular weight excluding hydrogens is 286 g/mol. The average molecular weight is 308 g/mol. The Bertz CT molecular complexity index is 621. The molecule has 3 rings (SSSR count). The Morgan fingerprint density at radius 1 is 1.43 bits per heavy atom. The van der Waals surface area contributed by atoms with E-state index in [1.165, 1.54) is 12.8 Å². The molecule has 0 atom stereocenters. The molecule has 0 bridgehead atoms. The minimum absolute atomic E-state index is 0.437. The minimum atomic E-state index is 0.437. The second-order valence-corrected chi connectivity index (χ2v) is 5.79. The van der Waals surface area contributed by atoms with E-state index >= 15 is 0 Å². The highest BCUT2D eigenvalue weighted by Crippen LogP contribution is 2.27. The number of ether oxygens (including phenoxy) is 1. The van der Waals surface area contributed by atoms with Crippen molar-refractivity contribution in [2.45, 2.75) is 38.2 Å². The van der Waals surface area contributed by atoms with Crippen molar-refractivity contribution >= 4 is 22.6 Å². The fourth-order valence-electron chi connectivity index (χ4n) is 2.90. The zero-order chi connectivity index (χ0) is 14.8. The molecule has 1 saturated carbocycles. The normalized spacial score (nSPS) is 15.0. The van der Waals surface area contributed by atoms with E-state index < -0.39 is 0 Å². The number of fused-ring (bicyclic) bond motifs is 1. The van der Waals surface area contributed by atoms with Gasteiger partial charge in [-0.05, 0) is 31.5 Å². The summed E-state index contributed by atoms with van der Waals surface area (Å²) in [5.41, 5.74) is 2.10. The number of halogens is 1. The van der Waals surface area contributed by atoms with E-state index in [1.54, 1.807) is 7.11 Å². The van der Waals surface area contributed by atoms with Gasteiger partial charge >= 0.3 is 0 Å². The van der Waals surface area contributed by atoms with Crippen LogP contribution in [0.2, 0.25) is 0 Å². The van der Waals surface area contributed by atoms with Crippen molar-refractivity contribution in [1.82, 2.24) is 14.5 Å². The van der Waals surface area contributed by atoms with Gasteiger partial charge in [-0.2, -0.15) is 0 Å².